The standard InChI is InChI=1S/C12H18N4OS/c17-12(11-8-14-15-18-11)16-5-3-10(4-6-16)13-7-9-1-2-9/h8-10,13H,1-7H2. The summed E-state index contributed by atoms with van der Waals surface area (Å²) in [5.41, 5.74) is 0. The van der Waals surface area contributed by atoms with Crippen molar-refractivity contribution in [2.75, 3.05) is 19.6 Å². The van der Waals surface area contributed by atoms with Crippen molar-refractivity contribution in [1.82, 2.24) is 19.8 Å². The molecular formula is C12H18N4OS. The highest BCUT2D eigenvalue weighted by Crippen LogP contribution is 2.28. The van der Waals surface area contributed by atoms with E-state index in [1.807, 2.05) is 4.90 Å². The van der Waals surface area contributed by atoms with Gasteiger partial charge < -0.3 is 10.2 Å². The number of rotatable bonds is 4. The van der Waals surface area contributed by atoms with Crippen LogP contribution in [0.5, 0.6) is 0 Å². The topological polar surface area (TPSA) is 58.1 Å². The number of hydrogen-bond donors (Lipinski definition) is 1. The van der Waals surface area contributed by atoms with Crippen LogP contribution < -0.4 is 5.32 Å². The van der Waals surface area contributed by atoms with Crippen LogP contribution in [0.15, 0.2) is 6.20 Å². The maximum Gasteiger partial charge on any atom is 0.267 e. The van der Waals surface area contributed by atoms with Crippen molar-refractivity contribution in [3.05, 3.63) is 11.1 Å². The van der Waals surface area contributed by atoms with E-state index in [1.165, 1.54) is 24.4 Å². The molecule has 1 aliphatic carbocycles. The molecule has 0 radical (unpaired) electrons. The smallest absolute Gasteiger partial charge is 0.267 e. The number of carbonyl (C=O) groups is 1. The number of amides is 1. The molecule has 1 aromatic rings. The lowest BCUT2D eigenvalue weighted by molar-refractivity contribution is 0.0709. The van der Waals surface area contributed by atoms with Crippen LogP contribution >= 0.6 is 11.5 Å². The zero-order valence-corrected chi connectivity index (χ0v) is 11.2. The zero-order chi connectivity index (χ0) is 12.4. The fourth-order valence-electron chi connectivity index (χ4n) is 2.36. The molecule has 2 aliphatic rings. The van der Waals surface area contributed by atoms with Crippen molar-refractivity contribution in [1.29, 1.82) is 0 Å². The molecule has 0 atom stereocenters. The van der Waals surface area contributed by atoms with E-state index >= 15 is 0 Å². The highest BCUT2D eigenvalue weighted by atomic mass is 32.1. The molecule has 1 amide bonds. The number of piperidine rings is 1. The van der Waals surface area contributed by atoms with Gasteiger partial charge in [-0.25, -0.2) is 0 Å². The third-order valence-corrected chi connectivity index (χ3v) is 4.40. The minimum Gasteiger partial charge on any atom is -0.338 e. The number of nitrogens with one attached hydrogen (secondary N) is 1. The van der Waals surface area contributed by atoms with Gasteiger partial charge in [0.05, 0.1) is 6.20 Å². The first kappa shape index (κ1) is 12.0. The molecule has 2 fully saturated rings. The maximum absolute atomic E-state index is 12.1. The Bertz CT molecular complexity index is 396. The molecule has 0 aromatic carbocycles. The number of nitrogens with zero attached hydrogens (tertiary/aromatic N) is 3. The highest BCUT2D eigenvalue weighted by molar-refractivity contribution is 7.07. The van der Waals surface area contributed by atoms with Crippen molar-refractivity contribution in [3.63, 3.8) is 0 Å². The summed E-state index contributed by atoms with van der Waals surface area (Å²) in [7, 11) is 0. The van der Waals surface area contributed by atoms with Gasteiger partial charge >= 0.3 is 0 Å². The van der Waals surface area contributed by atoms with Gasteiger partial charge in [0.2, 0.25) is 0 Å². The second-order valence-corrected chi connectivity index (χ2v) is 5.99. The first-order valence-corrected chi connectivity index (χ1v) is 7.40. The molecule has 5 nitrogen and oxygen atoms in total. The van der Waals surface area contributed by atoms with Gasteiger partial charge in [-0.05, 0) is 49.7 Å². The van der Waals surface area contributed by atoms with Gasteiger partial charge in [-0.3, -0.25) is 4.79 Å². The predicted octanol–water partition coefficient (Wildman–Crippen LogP) is 1.14. The summed E-state index contributed by atoms with van der Waals surface area (Å²) in [6.45, 7) is 2.86. The molecule has 1 aliphatic heterocycles. The van der Waals surface area contributed by atoms with Crippen molar-refractivity contribution >= 4 is 17.4 Å². The van der Waals surface area contributed by atoms with Gasteiger partial charge in [0.25, 0.3) is 5.91 Å². The third kappa shape index (κ3) is 2.87. The predicted molar refractivity (Wildman–Crippen MR) is 69.6 cm³/mol. The van der Waals surface area contributed by atoms with Crippen LogP contribution in [0.4, 0.5) is 0 Å². The molecule has 1 saturated heterocycles. The normalized spacial score (nSPS) is 21.2. The third-order valence-electron chi connectivity index (χ3n) is 3.75. The van der Waals surface area contributed by atoms with Gasteiger partial charge in [0.1, 0.15) is 4.88 Å². The van der Waals surface area contributed by atoms with E-state index in [-0.39, 0.29) is 5.91 Å². The number of likely N-dealkylation sites (tertiary alicyclic amines) is 1. The Labute approximate surface area is 111 Å². The monoisotopic (exact) mass is 266 g/mol. The van der Waals surface area contributed by atoms with Crippen LogP contribution in [0.3, 0.4) is 0 Å². The van der Waals surface area contributed by atoms with Gasteiger partial charge in [-0.2, -0.15) is 0 Å². The van der Waals surface area contributed by atoms with E-state index < -0.39 is 0 Å². The second-order valence-electron chi connectivity index (χ2n) is 5.20. The molecule has 0 spiro atoms. The van der Waals surface area contributed by atoms with Gasteiger partial charge in [-0.1, -0.05) is 4.49 Å². The number of aromatic nitrogens is 2. The summed E-state index contributed by atoms with van der Waals surface area (Å²) in [5, 5.41) is 7.34. The van der Waals surface area contributed by atoms with Crippen LogP contribution in [0.2, 0.25) is 0 Å². The lowest BCUT2D eigenvalue weighted by Gasteiger charge is -2.32. The highest BCUT2D eigenvalue weighted by Gasteiger charge is 2.26. The van der Waals surface area contributed by atoms with Crippen molar-refractivity contribution in [3.8, 4) is 0 Å². The van der Waals surface area contributed by atoms with Crippen LogP contribution in [0, 0.1) is 5.92 Å². The lowest BCUT2D eigenvalue weighted by atomic mass is 10.0. The van der Waals surface area contributed by atoms with Crippen LogP contribution in [-0.4, -0.2) is 46.1 Å². The minimum atomic E-state index is 0.0886. The second kappa shape index (κ2) is 5.32. The number of hydrogen-bond acceptors (Lipinski definition) is 5. The van der Waals surface area contributed by atoms with Crippen LogP contribution in [0.1, 0.15) is 35.4 Å². The summed E-state index contributed by atoms with van der Waals surface area (Å²) >= 11 is 1.18. The van der Waals surface area contributed by atoms with E-state index in [0.29, 0.717) is 10.9 Å². The Morgan fingerprint density at radius 3 is 2.78 bits per heavy atom. The maximum atomic E-state index is 12.1. The van der Waals surface area contributed by atoms with Crippen molar-refractivity contribution in [2.24, 2.45) is 5.92 Å². The molecule has 0 bridgehead atoms. The Balaban J connectivity index is 1.45. The quantitative estimate of drug-likeness (QED) is 0.888. The summed E-state index contributed by atoms with van der Waals surface area (Å²) < 4.78 is 3.74. The van der Waals surface area contributed by atoms with Crippen LogP contribution in [0.25, 0.3) is 0 Å². The molecule has 3 rings (SSSR count). The summed E-state index contributed by atoms with van der Waals surface area (Å²) in [6.07, 6.45) is 6.46. The van der Waals surface area contributed by atoms with E-state index in [1.54, 1.807) is 6.20 Å². The van der Waals surface area contributed by atoms with Crippen LogP contribution in [-0.2, 0) is 0 Å². The molecule has 6 heteroatoms. The first-order chi connectivity index (χ1) is 8.83. The van der Waals surface area contributed by atoms with Crippen molar-refractivity contribution in [2.45, 2.75) is 31.7 Å². The van der Waals surface area contributed by atoms with Gasteiger partial charge in [-0.15, -0.1) is 5.10 Å². The molecule has 2 heterocycles. The van der Waals surface area contributed by atoms with Crippen molar-refractivity contribution < 1.29 is 4.79 Å². The molecule has 18 heavy (non-hydrogen) atoms. The minimum absolute atomic E-state index is 0.0886. The summed E-state index contributed by atoms with van der Waals surface area (Å²) in [6, 6.07) is 0.592. The van der Waals surface area contributed by atoms with E-state index in [0.717, 1.165) is 38.4 Å². The molecule has 0 unspecified atom stereocenters. The van der Waals surface area contributed by atoms with E-state index in [9.17, 15) is 4.79 Å². The SMILES string of the molecule is O=C(c1cnns1)N1CCC(NCC2CC2)CC1. The number of carbonyl (C=O) groups excluding carboxylic acids is 1. The molecule has 1 saturated carbocycles. The molecule has 98 valence electrons. The molecule has 1 N–H and O–H groups in total. The Morgan fingerprint density at radius 2 is 2.17 bits per heavy atom. The Hall–Kier alpha value is -1.01. The fraction of sp³-hybridized carbons (Fsp3) is 0.750. The van der Waals surface area contributed by atoms with E-state index in [2.05, 4.69) is 14.9 Å². The lowest BCUT2D eigenvalue weighted by Crippen LogP contribution is -2.45. The van der Waals surface area contributed by atoms with E-state index in [4.69, 9.17) is 0 Å². The average molecular weight is 266 g/mol. The summed E-state index contributed by atoms with van der Waals surface area (Å²) in [5.74, 6) is 1.01. The zero-order valence-electron chi connectivity index (χ0n) is 10.3. The largest absolute Gasteiger partial charge is 0.338 e. The average Bonchev–Trinajstić information content (AvgIpc) is 3.08. The summed E-state index contributed by atoms with van der Waals surface area (Å²) in [4.78, 5) is 14.7. The Morgan fingerprint density at radius 1 is 1.39 bits per heavy atom. The molecule has 1 aromatic heterocycles. The Kier molecular flexibility index (Phi) is 3.56. The molecular weight excluding hydrogens is 248 g/mol. The van der Waals surface area contributed by atoms with Gasteiger partial charge in [0, 0.05) is 19.1 Å². The first-order valence-electron chi connectivity index (χ1n) is 6.63. The van der Waals surface area contributed by atoms with Gasteiger partial charge in [0.15, 0.2) is 0 Å². The fourth-order valence-corrected chi connectivity index (χ4v) is 2.84.